The molecule has 5 rings (SSSR count). The fourth-order valence-corrected chi connectivity index (χ4v) is 7.22. The number of carbonyl (C=O) groups is 2. The molecule has 3 atom stereocenters. The van der Waals surface area contributed by atoms with Gasteiger partial charge in [0.05, 0.1) is 25.4 Å². The van der Waals surface area contributed by atoms with Crippen LogP contribution in [0.4, 0.5) is 0 Å². The van der Waals surface area contributed by atoms with E-state index in [-0.39, 0.29) is 18.7 Å². The molecule has 186 valence electrons. The van der Waals surface area contributed by atoms with E-state index < -0.39 is 44.0 Å². The Labute approximate surface area is 206 Å². The summed E-state index contributed by atoms with van der Waals surface area (Å²) in [6.45, 7) is 1.16. The number of amides is 1. The van der Waals surface area contributed by atoms with E-state index in [1.807, 2.05) is 60.7 Å². The van der Waals surface area contributed by atoms with Crippen molar-refractivity contribution in [2.24, 2.45) is 5.16 Å². The molecule has 36 heavy (non-hydrogen) atoms. The molecule has 2 aromatic carbocycles. The maximum absolute atomic E-state index is 13.8. The van der Waals surface area contributed by atoms with Gasteiger partial charge in [0.15, 0.2) is 22.0 Å². The number of hydrogen-bond donors (Lipinski definition) is 1. The molecule has 2 fully saturated rings. The lowest BCUT2D eigenvalue weighted by Gasteiger charge is -2.37. The van der Waals surface area contributed by atoms with Crippen molar-refractivity contribution >= 4 is 27.9 Å². The van der Waals surface area contributed by atoms with Gasteiger partial charge in [0.25, 0.3) is 0 Å². The lowest BCUT2D eigenvalue weighted by atomic mass is 9.95. The number of aromatic nitrogens is 3. The number of carbonyl (C=O) groups excluding carboxylic acids is 2. The molecule has 11 nitrogen and oxygen atoms in total. The van der Waals surface area contributed by atoms with Gasteiger partial charge in [-0.25, -0.2) is 13.2 Å². The Morgan fingerprint density at radius 2 is 1.81 bits per heavy atom. The minimum atomic E-state index is -3.99. The van der Waals surface area contributed by atoms with E-state index in [0.29, 0.717) is 11.1 Å². The number of β-lactam (4-membered cyclic amide) rings is 1. The molecule has 0 bridgehead atoms. The van der Waals surface area contributed by atoms with Crippen LogP contribution in [0.5, 0.6) is 0 Å². The van der Waals surface area contributed by atoms with E-state index in [4.69, 9.17) is 9.94 Å². The van der Waals surface area contributed by atoms with Gasteiger partial charge in [0.1, 0.15) is 15.8 Å². The number of rotatable bonds is 7. The molecule has 0 saturated carbocycles. The Morgan fingerprint density at radius 1 is 1.19 bits per heavy atom. The van der Waals surface area contributed by atoms with Crippen LogP contribution in [0.15, 0.2) is 72.0 Å². The molecule has 2 saturated heterocycles. The number of fused-ring (bicyclic) bond motifs is 1. The third-order valence-corrected chi connectivity index (χ3v) is 9.46. The van der Waals surface area contributed by atoms with Crippen LogP contribution in [0.3, 0.4) is 0 Å². The summed E-state index contributed by atoms with van der Waals surface area (Å²) in [6.07, 6.45) is 1.43. The fraction of sp³-hybridized carbons (Fsp3) is 0.292. The topological polar surface area (TPSA) is 144 Å². The van der Waals surface area contributed by atoms with Crippen LogP contribution in [-0.2, 0) is 30.7 Å². The van der Waals surface area contributed by atoms with Crippen molar-refractivity contribution in [1.82, 2.24) is 19.9 Å². The van der Waals surface area contributed by atoms with Gasteiger partial charge in [-0.1, -0.05) is 71.0 Å². The Morgan fingerprint density at radius 3 is 2.36 bits per heavy atom. The molecule has 0 aliphatic carbocycles. The van der Waals surface area contributed by atoms with E-state index in [2.05, 4.69) is 15.5 Å². The first kappa shape index (κ1) is 23.7. The summed E-state index contributed by atoms with van der Waals surface area (Å²) in [6, 6.07) is 16.8. The van der Waals surface area contributed by atoms with Gasteiger partial charge in [-0.15, -0.1) is 5.10 Å². The van der Waals surface area contributed by atoms with E-state index in [0.717, 1.165) is 11.1 Å². The first-order chi connectivity index (χ1) is 17.3. The van der Waals surface area contributed by atoms with Crippen molar-refractivity contribution in [3.05, 3.63) is 83.7 Å². The summed E-state index contributed by atoms with van der Waals surface area (Å²) in [7, 11) is -3.99. The minimum Gasteiger partial charge on any atom is -0.451 e. The Balaban J connectivity index is 1.53. The van der Waals surface area contributed by atoms with Gasteiger partial charge >= 0.3 is 5.97 Å². The average Bonchev–Trinajstić information content (AvgIpc) is 3.36. The first-order valence-electron chi connectivity index (χ1n) is 11.2. The Hall–Kier alpha value is -4.06. The second-order valence-corrected chi connectivity index (χ2v) is 11.5. The zero-order valence-electron chi connectivity index (χ0n) is 19.2. The fourth-order valence-electron chi connectivity index (χ4n) is 4.87. The molecule has 2 aliphatic heterocycles. The predicted octanol–water partition coefficient (Wildman–Crippen LogP) is 1.53. The number of nitrogens with zero attached hydrogens (tertiary/aromatic N) is 5. The number of ether oxygens (including phenoxy) is 1. The van der Waals surface area contributed by atoms with Gasteiger partial charge < -0.3 is 14.8 Å². The number of sulfone groups is 1. The van der Waals surface area contributed by atoms with Crippen LogP contribution in [0.25, 0.3) is 0 Å². The van der Waals surface area contributed by atoms with E-state index in [1.54, 1.807) is 0 Å². The number of oxime groups is 1. The Bertz CT molecular complexity index is 1390. The summed E-state index contributed by atoms with van der Waals surface area (Å²) in [5.74, 6) is -1.26. The van der Waals surface area contributed by atoms with Crippen molar-refractivity contribution in [3.63, 3.8) is 0 Å². The summed E-state index contributed by atoms with van der Waals surface area (Å²) in [4.78, 5) is 27.4. The summed E-state index contributed by atoms with van der Waals surface area (Å²) in [5.41, 5.74) is 1.61. The minimum absolute atomic E-state index is 0.192. The van der Waals surface area contributed by atoms with Crippen LogP contribution in [-0.4, -0.2) is 67.8 Å². The van der Waals surface area contributed by atoms with Crippen molar-refractivity contribution < 1.29 is 28.0 Å². The Kier molecular flexibility index (Phi) is 5.83. The highest BCUT2D eigenvalue weighted by Gasteiger charge is 2.70. The zero-order chi connectivity index (χ0) is 25.5. The highest BCUT2D eigenvalue weighted by Crippen LogP contribution is 2.47. The molecule has 1 N–H and O–H groups in total. The largest absolute Gasteiger partial charge is 0.451 e. The monoisotopic (exact) mass is 509 g/mol. The second-order valence-electron chi connectivity index (χ2n) is 8.94. The summed E-state index contributed by atoms with van der Waals surface area (Å²) < 4.78 is 32.6. The standard InChI is InChI=1S/C24H23N5O6S/c1-24(15-28-14-18(13-25-32)26-27-28)22(29-19(30)12-20(29)36(24,33)34)23(31)35-21(16-8-4-2-5-9-16)17-10-6-3-7-11-17/h2-11,13-14,20-22,32H,12,15H2,1H3/b25-13+/t20-,22+,24+/m1/s1. The molecule has 0 radical (unpaired) electrons. The van der Waals surface area contributed by atoms with Crippen LogP contribution in [0.2, 0.25) is 0 Å². The van der Waals surface area contributed by atoms with E-state index in [1.165, 1.54) is 17.8 Å². The molecular weight excluding hydrogens is 486 g/mol. The quantitative estimate of drug-likeness (QED) is 0.166. The van der Waals surface area contributed by atoms with Crippen molar-refractivity contribution in [2.45, 2.75) is 42.2 Å². The normalized spacial score (nSPS) is 24.6. The number of esters is 1. The average molecular weight is 510 g/mol. The predicted molar refractivity (Wildman–Crippen MR) is 127 cm³/mol. The molecule has 0 unspecified atom stereocenters. The zero-order valence-corrected chi connectivity index (χ0v) is 20.0. The van der Waals surface area contributed by atoms with Crippen molar-refractivity contribution in [1.29, 1.82) is 0 Å². The molecule has 2 aliphatic rings. The van der Waals surface area contributed by atoms with Crippen molar-refractivity contribution in [2.75, 3.05) is 0 Å². The van der Waals surface area contributed by atoms with Gasteiger partial charge in [0, 0.05) is 0 Å². The third-order valence-electron chi connectivity index (χ3n) is 6.70. The van der Waals surface area contributed by atoms with Gasteiger partial charge in [-0.3, -0.25) is 9.48 Å². The summed E-state index contributed by atoms with van der Waals surface area (Å²) in [5, 5.41) is 18.2. The molecule has 3 aromatic rings. The molecule has 0 spiro atoms. The number of hydrogen-bond acceptors (Lipinski definition) is 9. The van der Waals surface area contributed by atoms with E-state index in [9.17, 15) is 18.0 Å². The molecule has 1 amide bonds. The second kappa shape index (κ2) is 8.86. The maximum atomic E-state index is 13.8. The van der Waals surface area contributed by atoms with Crippen molar-refractivity contribution in [3.8, 4) is 0 Å². The SMILES string of the molecule is C[C@]1(Cn2cc(/C=N/O)nn2)[C@H](C(=O)OC(c2ccccc2)c2ccccc2)N2C(=O)C[C@H]2S1(=O)=O. The summed E-state index contributed by atoms with van der Waals surface area (Å²) >= 11 is 0. The molecular formula is C24H23N5O6S. The lowest BCUT2D eigenvalue weighted by molar-refractivity contribution is -0.164. The first-order valence-corrected chi connectivity index (χ1v) is 12.7. The van der Waals surface area contributed by atoms with Gasteiger partial charge in [0.2, 0.25) is 5.91 Å². The third kappa shape index (κ3) is 3.73. The van der Waals surface area contributed by atoms with Crippen LogP contribution in [0, 0.1) is 0 Å². The van der Waals surface area contributed by atoms with Crippen LogP contribution < -0.4 is 0 Å². The number of benzene rings is 2. The molecule has 12 heteroatoms. The molecule has 1 aromatic heterocycles. The van der Waals surface area contributed by atoms with E-state index >= 15 is 0 Å². The maximum Gasteiger partial charge on any atom is 0.331 e. The van der Waals surface area contributed by atoms with Gasteiger partial charge in [-0.05, 0) is 18.1 Å². The highest BCUT2D eigenvalue weighted by molar-refractivity contribution is 7.93. The van der Waals surface area contributed by atoms with Gasteiger partial charge in [-0.2, -0.15) is 0 Å². The molecule has 3 heterocycles. The highest BCUT2D eigenvalue weighted by atomic mass is 32.2. The van der Waals surface area contributed by atoms with Crippen LogP contribution in [0.1, 0.15) is 36.3 Å². The van der Waals surface area contributed by atoms with Crippen LogP contribution >= 0.6 is 0 Å². The lowest BCUT2D eigenvalue weighted by Crippen LogP contribution is -2.58. The smallest absolute Gasteiger partial charge is 0.331 e.